The van der Waals surface area contributed by atoms with Gasteiger partial charge < -0.3 is 5.32 Å². The molecule has 2 rings (SSSR count). The lowest BCUT2D eigenvalue weighted by atomic mass is 10.0. The van der Waals surface area contributed by atoms with Gasteiger partial charge in [-0.1, -0.05) is 53.6 Å². The number of rotatable bonds is 4. The molecule has 0 radical (unpaired) electrons. The molecule has 0 aliphatic heterocycles. The van der Waals surface area contributed by atoms with Gasteiger partial charge in [-0.15, -0.1) is 0 Å². The predicted octanol–water partition coefficient (Wildman–Crippen LogP) is 4.46. The lowest BCUT2D eigenvalue weighted by molar-refractivity contribution is 0.573. The Morgan fingerprint density at radius 2 is 1.53 bits per heavy atom. The van der Waals surface area contributed by atoms with E-state index in [1.807, 2.05) is 0 Å². The molecule has 1 nitrogen and oxygen atoms in total. The predicted molar refractivity (Wildman–Crippen MR) is 82.3 cm³/mol. The number of hydrogen-bond donors (Lipinski definition) is 1. The number of benzene rings is 2. The molecule has 1 heteroatoms. The molecule has 0 saturated carbocycles. The van der Waals surface area contributed by atoms with E-state index in [2.05, 4.69) is 75.5 Å². The fourth-order valence-electron chi connectivity index (χ4n) is 2.28. The largest absolute Gasteiger partial charge is 0.306 e. The zero-order valence-corrected chi connectivity index (χ0v) is 12.3. The summed E-state index contributed by atoms with van der Waals surface area (Å²) >= 11 is 0. The molecule has 100 valence electrons. The minimum atomic E-state index is 0.376. The molecular weight excluding hydrogens is 230 g/mol. The Labute approximate surface area is 116 Å². The summed E-state index contributed by atoms with van der Waals surface area (Å²) in [5.74, 6) is 0. The smallest absolute Gasteiger partial charge is 0.0294 e. The summed E-state index contributed by atoms with van der Waals surface area (Å²) in [5, 5.41) is 3.59. The summed E-state index contributed by atoms with van der Waals surface area (Å²) in [5.41, 5.74) is 6.72. The van der Waals surface area contributed by atoms with Crippen molar-refractivity contribution in [2.45, 2.75) is 40.3 Å². The van der Waals surface area contributed by atoms with Gasteiger partial charge in [-0.05, 0) is 44.4 Å². The Bertz CT molecular complexity index is 540. The summed E-state index contributed by atoms with van der Waals surface area (Å²) in [6, 6.07) is 15.8. The van der Waals surface area contributed by atoms with Crippen molar-refractivity contribution in [3.05, 3.63) is 70.3 Å². The average Bonchev–Trinajstić information content (AvgIpc) is 2.38. The third-order valence-corrected chi connectivity index (χ3v) is 3.67. The summed E-state index contributed by atoms with van der Waals surface area (Å²) < 4.78 is 0. The van der Waals surface area contributed by atoms with E-state index in [0.717, 1.165) is 6.54 Å². The van der Waals surface area contributed by atoms with Crippen LogP contribution in [0, 0.1) is 20.8 Å². The first-order valence-corrected chi connectivity index (χ1v) is 6.92. The van der Waals surface area contributed by atoms with Gasteiger partial charge in [0.25, 0.3) is 0 Å². The Morgan fingerprint density at radius 1 is 0.895 bits per heavy atom. The van der Waals surface area contributed by atoms with Crippen LogP contribution in [0.2, 0.25) is 0 Å². The van der Waals surface area contributed by atoms with Crippen LogP contribution in [0.25, 0.3) is 0 Å². The number of hydrogen-bond acceptors (Lipinski definition) is 1. The molecule has 0 amide bonds. The molecule has 0 fully saturated rings. The molecule has 0 aromatic heterocycles. The summed E-state index contributed by atoms with van der Waals surface area (Å²) in [6.07, 6.45) is 0. The van der Waals surface area contributed by atoms with Gasteiger partial charge in [-0.25, -0.2) is 0 Å². The van der Waals surface area contributed by atoms with Crippen LogP contribution in [0.15, 0.2) is 42.5 Å². The second-order valence-electron chi connectivity index (χ2n) is 5.44. The maximum Gasteiger partial charge on any atom is 0.0294 e. The van der Waals surface area contributed by atoms with E-state index in [-0.39, 0.29) is 0 Å². The van der Waals surface area contributed by atoms with E-state index in [1.54, 1.807) is 0 Å². The quantitative estimate of drug-likeness (QED) is 0.848. The highest BCUT2D eigenvalue weighted by molar-refractivity contribution is 5.30. The number of aryl methyl sites for hydroxylation is 3. The van der Waals surface area contributed by atoms with E-state index < -0.39 is 0 Å². The Morgan fingerprint density at radius 3 is 2.16 bits per heavy atom. The molecule has 1 N–H and O–H groups in total. The van der Waals surface area contributed by atoms with Crippen molar-refractivity contribution in [2.24, 2.45) is 0 Å². The van der Waals surface area contributed by atoms with Crippen molar-refractivity contribution in [2.75, 3.05) is 0 Å². The first-order valence-electron chi connectivity index (χ1n) is 6.92. The standard InChI is InChI=1S/C18H23N/c1-13-5-8-17(9-6-13)16(4)19-12-18-10-7-14(2)11-15(18)3/h5-11,16,19H,12H2,1-4H3/t16-/m1/s1. The lowest BCUT2D eigenvalue weighted by Crippen LogP contribution is -2.18. The Hall–Kier alpha value is -1.60. The molecule has 0 bridgehead atoms. The van der Waals surface area contributed by atoms with Gasteiger partial charge in [-0.3, -0.25) is 0 Å². The van der Waals surface area contributed by atoms with Crippen LogP contribution in [0.3, 0.4) is 0 Å². The maximum absolute atomic E-state index is 3.59. The zero-order chi connectivity index (χ0) is 13.8. The van der Waals surface area contributed by atoms with E-state index in [9.17, 15) is 0 Å². The fourth-order valence-corrected chi connectivity index (χ4v) is 2.28. The second-order valence-corrected chi connectivity index (χ2v) is 5.44. The zero-order valence-electron chi connectivity index (χ0n) is 12.3. The Balaban J connectivity index is 2.00. The second kappa shape index (κ2) is 6.03. The van der Waals surface area contributed by atoms with Crippen molar-refractivity contribution in [3.63, 3.8) is 0 Å². The van der Waals surface area contributed by atoms with Gasteiger partial charge in [0.1, 0.15) is 0 Å². The molecule has 0 heterocycles. The van der Waals surface area contributed by atoms with Crippen LogP contribution >= 0.6 is 0 Å². The molecule has 0 saturated heterocycles. The fraction of sp³-hybridized carbons (Fsp3) is 0.333. The van der Waals surface area contributed by atoms with Gasteiger partial charge in [0.2, 0.25) is 0 Å². The average molecular weight is 253 g/mol. The summed E-state index contributed by atoms with van der Waals surface area (Å²) in [4.78, 5) is 0. The van der Waals surface area contributed by atoms with Crippen LogP contribution < -0.4 is 5.32 Å². The summed E-state index contributed by atoms with van der Waals surface area (Å²) in [7, 11) is 0. The lowest BCUT2D eigenvalue weighted by Gasteiger charge is -2.16. The van der Waals surface area contributed by atoms with E-state index in [4.69, 9.17) is 0 Å². The third-order valence-electron chi connectivity index (χ3n) is 3.67. The molecule has 0 aliphatic carbocycles. The molecule has 0 unspecified atom stereocenters. The molecular formula is C18H23N. The first-order chi connectivity index (χ1) is 9.06. The van der Waals surface area contributed by atoms with Crippen molar-refractivity contribution in [3.8, 4) is 0 Å². The molecule has 2 aromatic carbocycles. The van der Waals surface area contributed by atoms with Crippen LogP contribution in [0.1, 0.15) is 40.8 Å². The van der Waals surface area contributed by atoms with Crippen LogP contribution in [-0.4, -0.2) is 0 Å². The van der Waals surface area contributed by atoms with Gasteiger partial charge in [0.05, 0.1) is 0 Å². The van der Waals surface area contributed by atoms with E-state index >= 15 is 0 Å². The van der Waals surface area contributed by atoms with Gasteiger partial charge in [0.15, 0.2) is 0 Å². The molecule has 0 aliphatic rings. The van der Waals surface area contributed by atoms with Crippen LogP contribution in [0.5, 0.6) is 0 Å². The van der Waals surface area contributed by atoms with Gasteiger partial charge in [0, 0.05) is 12.6 Å². The van der Waals surface area contributed by atoms with Crippen molar-refractivity contribution >= 4 is 0 Å². The molecule has 2 aromatic rings. The molecule has 19 heavy (non-hydrogen) atoms. The maximum atomic E-state index is 3.59. The van der Waals surface area contributed by atoms with Crippen molar-refractivity contribution in [1.29, 1.82) is 0 Å². The number of nitrogens with one attached hydrogen (secondary N) is 1. The van der Waals surface area contributed by atoms with Crippen molar-refractivity contribution < 1.29 is 0 Å². The highest BCUT2D eigenvalue weighted by Gasteiger charge is 2.05. The minimum Gasteiger partial charge on any atom is -0.306 e. The topological polar surface area (TPSA) is 12.0 Å². The first kappa shape index (κ1) is 13.8. The minimum absolute atomic E-state index is 0.376. The molecule has 0 spiro atoms. The Kier molecular flexibility index (Phi) is 4.39. The SMILES string of the molecule is Cc1ccc([C@@H](C)NCc2ccc(C)cc2C)cc1. The van der Waals surface area contributed by atoms with E-state index in [1.165, 1.54) is 27.8 Å². The van der Waals surface area contributed by atoms with Crippen LogP contribution in [-0.2, 0) is 6.54 Å². The highest BCUT2D eigenvalue weighted by atomic mass is 14.9. The highest BCUT2D eigenvalue weighted by Crippen LogP contribution is 2.15. The normalized spacial score (nSPS) is 12.4. The van der Waals surface area contributed by atoms with Gasteiger partial charge in [-0.2, -0.15) is 0 Å². The van der Waals surface area contributed by atoms with E-state index in [0.29, 0.717) is 6.04 Å². The van der Waals surface area contributed by atoms with Gasteiger partial charge >= 0.3 is 0 Å². The van der Waals surface area contributed by atoms with Crippen molar-refractivity contribution in [1.82, 2.24) is 5.32 Å². The van der Waals surface area contributed by atoms with Crippen LogP contribution in [0.4, 0.5) is 0 Å². The third kappa shape index (κ3) is 3.68. The monoisotopic (exact) mass is 253 g/mol. The summed E-state index contributed by atoms with van der Waals surface area (Å²) in [6.45, 7) is 9.58. The molecule has 1 atom stereocenters.